The Morgan fingerprint density at radius 1 is 1.38 bits per heavy atom. The number of hydrogen-bond donors (Lipinski definition) is 1. The maximum atomic E-state index is 11.5. The van der Waals surface area contributed by atoms with Crippen LogP contribution in [0.4, 0.5) is 0 Å². The van der Waals surface area contributed by atoms with Crippen LogP contribution < -0.4 is 5.32 Å². The van der Waals surface area contributed by atoms with Crippen molar-refractivity contribution >= 4 is 28.5 Å². The molecule has 1 aliphatic rings. The van der Waals surface area contributed by atoms with Crippen LogP contribution in [0.15, 0.2) is 0 Å². The van der Waals surface area contributed by atoms with Crippen molar-refractivity contribution in [3.8, 4) is 0 Å². The molecule has 3 nitrogen and oxygen atoms in total. The molecule has 1 saturated heterocycles. The Morgan fingerprint density at radius 3 is 2.94 bits per heavy atom. The third-order valence-corrected chi connectivity index (χ3v) is 3.61. The van der Waals surface area contributed by atoms with Crippen molar-refractivity contribution in [3.05, 3.63) is 0 Å². The molecule has 0 spiro atoms. The molecular formula is C12H22INO2. The van der Waals surface area contributed by atoms with E-state index in [-0.39, 0.29) is 5.91 Å². The van der Waals surface area contributed by atoms with E-state index in [1.807, 2.05) is 0 Å². The smallest absolute Gasteiger partial charge is 0.220 e. The van der Waals surface area contributed by atoms with Crippen molar-refractivity contribution in [1.29, 1.82) is 0 Å². The van der Waals surface area contributed by atoms with Crippen molar-refractivity contribution in [2.45, 2.75) is 51.0 Å². The number of alkyl halides is 1. The molecule has 1 rings (SSSR count). The number of hydrogen-bond acceptors (Lipinski definition) is 2. The van der Waals surface area contributed by atoms with E-state index in [1.54, 1.807) is 0 Å². The predicted octanol–water partition coefficient (Wildman–Crippen LogP) is 2.67. The molecule has 1 N–H and O–H groups in total. The molecule has 0 aromatic heterocycles. The third-order valence-electron chi connectivity index (χ3n) is 2.85. The number of carbonyl (C=O) groups excluding carboxylic acids is 1. The zero-order chi connectivity index (χ0) is 11.6. The van der Waals surface area contributed by atoms with Crippen LogP contribution in [0.25, 0.3) is 0 Å². The zero-order valence-electron chi connectivity index (χ0n) is 9.84. The monoisotopic (exact) mass is 339 g/mol. The number of halogens is 1. The molecule has 0 aliphatic carbocycles. The van der Waals surface area contributed by atoms with Gasteiger partial charge in [-0.25, -0.2) is 0 Å². The number of rotatable bonds is 8. The number of ether oxygens (including phenoxy) is 1. The first-order chi connectivity index (χ1) is 7.83. The SMILES string of the molecule is O=C(CCC1CCCO1)NCCCCCI. The lowest BCUT2D eigenvalue weighted by atomic mass is 10.1. The first-order valence-corrected chi connectivity index (χ1v) is 7.79. The average Bonchev–Trinajstić information content (AvgIpc) is 2.79. The molecule has 1 unspecified atom stereocenters. The van der Waals surface area contributed by atoms with Gasteiger partial charge in [0.05, 0.1) is 6.10 Å². The van der Waals surface area contributed by atoms with Crippen LogP contribution in [-0.4, -0.2) is 29.6 Å². The summed E-state index contributed by atoms with van der Waals surface area (Å²) in [6, 6.07) is 0. The van der Waals surface area contributed by atoms with Crippen LogP contribution in [0.5, 0.6) is 0 Å². The molecule has 1 heterocycles. The van der Waals surface area contributed by atoms with E-state index in [2.05, 4.69) is 27.9 Å². The van der Waals surface area contributed by atoms with Crippen LogP contribution >= 0.6 is 22.6 Å². The van der Waals surface area contributed by atoms with Gasteiger partial charge < -0.3 is 10.1 Å². The van der Waals surface area contributed by atoms with Crippen molar-refractivity contribution in [2.75, 3.05) is 17.6 Å². The summed E-state index contributed by atoms with van der Waals surface area (Å²) in [5.41, 5.74) is 0. The second-order valence-electron chi connectivity index (χ2n) is 4.27. The molecule has 0 bridgehead atoms. The maximum Gasteiger partial charge on any atom is 0.220 e. The molecule has 0 aromatic rings. The van der Waals surface area contributed by atoms with E-state index in [0.717, 1.165) is 38.8 Å². The van der Waals surface area contributed by atoms with Crippen LogP contribution in [0, 0.1) is 0 Å². The minimum atomic E-state index is 0.185. The molecule has 0 aromatic carbocycles. The Balaban J connectivity index is 1.90. The topological polar surface area (TPSA) is 38.3 Å². The highest BCUT2D eigenvalue weighted by Gasteiger charge is 2.16. The van der Waals surface area contributed by atoms with E-state index in [0.29, 0.717) is 12.5 Å². The van der Waals surface area contributed by atoms with Gasteiger partial charge in [0.1, 0.15) is 0 Å². The van der Waals surface area contributed by atoms with Gasteiger partial charge in [0.2, 0.25) is 5.91 Å². The van der Waals surface area contributed by atoms with E-state index < -0.39 is 0 Å². The molecule has 1 aliphatic heterocycles. The highest BCUT2D eigenvalue weighted by atomic mass is 127. The van der Waals surface area contributed by atoms with Gasteiger partial charge in [-0.05, 0) is 36.5 Å². The Hall–Kier alpha value is 0.160. The van der Waals surface area contributed by atoms with Gasteiger partial charge in [-0.2, -0.15) is 0 Å². The lowest BCUT2D eigenvalue weighted by Gasteiger charge is -2.09. The average molecular weight is 339 g/mol. The number of carbonyl (C=O) groups is 1. The van der Waals surface area contributed by atoms with Crippen molar-refractivity contribution in [3.63, 3.8) is 0 Å². The summed E-state index contributed by atoms with van der Waals surface area (Å²) >= 11 is 2.39. The minimum Gasteiger partial charge on any atom is -0.378 e. The predicted molar refractivity (Wildman–Crippen MR) is 74.0 cm³/mol. The molecule has 1 fully saturated rings. The number of nitrogens with one attached hydrogen (secondary N) is 1. The summed E-state index contributed by atoms with van der Waals surface area (Å²) in [5, 5.41) is 2.97. The normalized spacial score (nSPS) is 19.9. The van der Waals surface area contributed by atoms with Crippen LogP contribution in [0.2, 0.25) is 0 Å². The summed E-state index contributed by atoms with van der Waals surface area (Å²) in [4.78, 5) is 11.5. The fourth-order valence-electron chi connectivity index (χ4n) is 1.88. The highest BCUT2D eigenvalue weighted by Crippen LogP contribution is 2.16. The van der Waals surface area contributed by atoms with Gasteiger partial charge in [-0.3, -0.25) is 4.79 Å². The Kier molecular flexibility index (Phi) is 8.19. The van der Waals surface area contributed by atoms with Gasteiger partial charge in [-0.1, -0.05) is 29.0 Å². The fourth-order valence-corrected chi connectivity index (χ4v) is 2.42. The Bertz CT molecular complexity index is 193. The van der Waals surface area contributed by atoms with Crippen molar-refractivity contribution in [1.82, 2.24) is 5.32 Å². The van der Waals surface area contributed by atoms with Gasteiger partial charge >= 0.3 is 0 Å². The first-order valence-electron chi connectivity index (χ1n) is 6.27. The third kappa shape index (κ3) is 6.68. The van der Waals surface area contributed by atoms with Gasteiger partial charge in [0.15, 0.2) is 0 Å². The molecule has 16 heavy (non-hydrogen) atoms. The summed E-state index contributed by atoms with van der Waals surface area (Å²) < 4.78 is 6.69. The van der Waals surface area contributed by atoms with E-state index >= 15 is 0 Å². The lowest BCUT2D eigenvalue weighted by Crippen LogP contribution is -2.25. The Labute approximate surface area is 112 Å². The second kappa shape index (κ2) is 9.22. The van der Waals surface area contributed by atoms with Crippen molar-refractivity contribution < 1.29 is 9.53 Å². The minimum absolute atomic E-state index is 0.185. The largest absolute Gasteiger partial charge is 0.378 e. The van der Waals surface area contributed by atoms with Gasteiger partial charge in [0.25, 0.3) is 0 Å². The summed E-state index contributed by atoms with van der Waals surface area (Å²) in [5.74, 6) is 0.185. The molecule has 94 valence electrons. The first kappa shape index (κ1) is 14.2. The molecule has 1 atom stereocenters. The molecule has 0 radical (unpaired) electrons. The number of unbranched alkanes of at least 4 members (excludes halogenated alkanes) is 2. The molecule has 4 heteroatoms. The summed E-state index contributed by atoms with van der Waals surface area (Å²) in [6.45, 7) is 1.71. The highest BCUT2D eigenvalue weighted by molar-refractivity contribution is 14.1. The molecule has 0 saturated carbocycles. The summed E-state index contributed by atoms with van der Waals surface area (Å²) in [6.07, 6.45) is 7.71. The molecular weight excluding hydrogens is 317 g/mol. The maximum absolute atomic E-state index is 11.5. The van der Waals surface area contributed by atoms with E-state index in [4.69, 9.17) is 4.74 Å². The molecule has 1 amide bonds. The van der Waals surface area contributed by atoms with Gasteiger partial charge in [-0.15, -0.1) is 0 Å². The van der Waals surface area contributed by atoms with Gasteiger partial charge in [0, 0.05) is 19.6 Å². The number of amides is 1. The van der Waals surface area contributed by atoms with Crippen LogP contribution in [0.1, 0.15) is 44.9 Å². The zero-order valence-corrected chi connectivity index (χ0v) is 12.0. The fraction of sp³-hybridized carbons (Fsp3) is 0.917. The Morgan fingerprint density at radius 2 is 2.25 bits per heavy atom. The quantitative estimate of drug-likeness (QED) is 0.419. The lowest BCUT2D eigenvalue weighted by molar-refractivity contribution is -0.121. The van der Waals surface area contributed by atoms with Crippen LogP contribution in [-0.2, 0) is 9.53 Å². The second-order valence-corrected chi connectivity index (χ2v) is 5.35. The van der Waals surface area contributed by atoms with E-state index in [1.165, 1.54) is 17.3 Å². The van der Waals surface area contributed by atoms with Crippen LogP contribution in [0.3, 0.4) is 0 Å². The summed E-state index contributed by atoms with van der Waals surface area (Å²) in [7, 11) is 0. The van der Waals surface area contributed by atoms with E-state index in [9.17, 15) is 4.79 Å². The standard InChI is InChI=1S/C12H22INO2/c13-8-2-1-3-9-14-12(15)7-6-11-5-4-10-16-11/h11H,1-10H2,(H,14,15). The van der Waals surface area contributed by atoms with Crippen molar-refractivity contribution in [2.24, 2.45) is 0 Å².